The zero-order chi connectivity index (χ0) is 12.7. The Morgan fingerprint density at radius 3 is 2.06 bits per heavy atom. The minimum atomic E-state index is -0.330. The third kappa shape index (κ3) is 4.95. The van der Waals surface area contributed by atoms with Gasteiger partial charge in [0.25, 0.3) is 0 Å². The van der Waals surface area contributed by atoms with Gasteiger partial charge in [-0.3, -0.25) is 0 Å². The van der Waals surface area contributed by atoms with Gasteiger partial charge in [0.1, 0.15) is 12.4 Å². The highest BCUT2D eigenvalue weighted by molar-refractivity contribution is 9.11. The van der Waals surface area contributed by atoms with Crippen molar-refractivity contribution in [3.8, 4) is 5.75 Å². The molecule has 1 aromatic rings. The van der Waals surface area contributed by atoms with Crippen LogP contribution in [-0.4, -0.2) is 26.1 Å². The number of benzene rings is 1. The summed E-state index contributed by atoms with van der Waals surface area (Å²) < 4.78 is 18.3. The van der Waals surface area contributed by atoms with Gasteiger partial charge in [0.2, 0.25) is 0 Å². The van der Waals surface area contributed by atoms with Crippen molar-refractivity contribution in [1.29, 1.82) is 0 Å². The molecule has 0 N–H and O–H groups in total. The van der Waals surface area contributed by atoms with E-state index < -0.39 is 0 Å². The summed E-state index contributed by atoms with van der Waals surface area (Å²) in [4.78, 5) is 0. The first-order valence-corrected chi connectivity index (χ1v) is 7.07. The van der Waals surface area contributed by atoms with E-state index in [9.17, 15) is 0 Å². The predicted molar refractivity (Wildman–Crippen MR) is 74.4 cm³/mol. The van der Waals surface area contributed by atoms with E-state index in [-0.39, 0.29) is 6.29 Å². The van der Waals surface area contributed by atoms with Crippen LogP contribution in [0.3, 0.4) is 0 Å². The van der Waals surface area contributed by atoms with E-state index in [2.05, 4.69) is 31.9 Å². The average molecular weight is 368 g/mol. The minimum absolute atomic E-state index is 0.330. The molecule has 0 fully saturated rings. The van der Waals surface area contributed by atoms with E-state index in [1.165, 1.54) is 0 Å². The molecule has 1 aromatic carbocycles. The standard InChI is InChI=1S/C12H16Br2O3/c1-3-15-11(16-4-2)8-17-12-9(13)6-5-7-10(12)14/h5-7,11H,3-4,8H2,1-2H3. The Morgan fingerprint density at radius 1 is 1.06 bits per heavy atom. The number of halogens is 2. The monoisotopic (exact) mass is 366 g/mol. The van der Waals surface area contributed by atoms with Crippen LogP contribution in [0.2, 0.25) is 0 Å². The fourth-order valence-corrected chi connectivity index (χ4v) is 2.52. The number of hydrogen-bond donors (Lipinski definition) is 0. The Labute approximate surface area is 119 Å². The molecule has 0 saturated carbocycles. The second-order valence-electron chi connectivity index (χ2n) is 3.20. The highest BCUT2D eigenvalue weighted by Crippen LogP contribution is 2.33. The maximum absolute atomic E-state index is 5.69. The van der Waals surface area contributed by atoms with E-state index in [0.717, 1.165) is 14.7 Å². The molecule has 0 radical (unpaired) electrons. The first-order chi connectivity index (χ1) is 8.19. The molecule has 0 saturated heterocycles. The Morgan fingerprint density at radius 2 is 1.59 bits per heavy atom. The van der Waals surface area contributed by atoms with Gasteiger partial charge in [0, 0.05) is 13.2 Å². The predicted octanol–water partition coefficient (Wildman–Crippen LogP) is 3.99. The van der Waals surface area contributed by atoms with Crippen molar-refractivity contribution < 1.29 is 14.2 Å². The maximum atomic E-state index is 5.69. The quantitative estimate of drug-likeness (QED) is 0.682. The Bertz CT molecular complexity index is 318. The van der Waals surface area contributed by atoms with Crippen molar-refractivity contribution in [1.82, 2.24) is 0 Å². The molecule has 0 heterocycles. The zero-order valence-corrected chi connectivity index (χ0v) is 13.1. The summed E-state index contributed by atoms with van der Waals surface area (Å²) in [6.07, 6.45) is -0.330. The highest BCUT2D eigenvalue weighted by atomic mass is 79.9. The van der Waals surface area contributed by atoms with Crippen LogP contribution >= 0.6 is 31.9 Å². The number of ether oxygens (including phenoxy) is 3. The van der Waals surface area contributed by atoms with Crippen LogP contribution in [0.5, 0.6) is 5.75 Å². The second-order valence-corrected chi connectivity index (χ2v) is 4.91. The molecule has 96 valence electrons. The van der Waals surface area contributed by atoms with Crippen molar-refractivity contribution in [2.45, 2.75) is 20.1 Å². The van der Waals surface area contributed by atoms with E-state index in [1.54, 1.807) is 0 Å². The van der Waals surface area contributed by atoms with Gasteiger partial charge in [0.05, 0.1) is 8.95 Å². The molecule has 0 aliphatic heterocycles. The van der Waals surface area contributed by atoms with Crippen LogP contribution in [0.1, 0.15) is 13.8 Å². The minimum Gasteiger partial charge on any atom is -0.486 e. The molecular weight excluding hydrogens is 352 g/mol. The van der Waals surface area contributed by atoms with Gasteiger partial charge < -0.3 is 14.2 Å². The number of rotatable bonds is 7. The van der Waals surface area contributed by atoms with Gasteiger partial charge in [-0.05, 0) is 57.8 Å². The Hall–Kier alpha value is -0.100. The van der Waals surface area contributed by atoms with Crippen LogP contribution in [-0.2, 0) is 9.47 Å². The molecule has 0 aliphatic carbocycles. The average Bonchev–Trinajstić information content (AvgIpc) is 2.29. The second kappa shape index (κ2) is 8.08. The van der Waals surface area contributed by atoms with Crippen molar-refractivity contribution >= 4 is 31.9 Å². The lowest BCUT2D eigenvalue weighted by Gasteiger charge is -2.18. The van der Waals surface area contributed by atoms with E-state index in [1.807, 2.05) is 32.0 Å². The third-order valence-electron chi connectivity index (χ3n) is 1.99. The number of para-hydroxylation sites is 1. The topological polar surface area (TPSA) is 27.7 Å². The zero-order valence-electron chi connectivity index (χ0n) is 9.91. The van der Waals surface area contributed by atoms with Gasteiger partial charge in [-0.2, -0.15) is 0 Å². The summed E-state index contributed by atoms with van der Waals surface area (Å²) in [5, 5.41) is 0. The smallest absolute Gasteiger partial charge is 0.191 e. The van der Waals surface area contributed by atoms with Crippen LogP contribution in [0.15, 0.2) is 27.1 Å². The third-order valence-corrected chi connectivity index (χ3v) is 3.24. The molecule has 0 atom stereocenters. The molecule has 0 amide bonds. The molecule has 0 aliphatic rings. The summed E-state index contributed by atoms with van der Waals surface area (Å²) >= 11 is 6.88. The van der Waals surface area contributed by atoms with E-state index in [4.69, 9.17) is 14.2 Å². The molecule has 0 spiro atoms. The summed E-state index contributed by atoms with van der Waals surface area (Å²) in [6.45, 7) is 5.43. The molecule has 0 aromatic heterocycles. The fourth-order valence-electron chi connectivity index (χ4n) is 1.29. The SMILES string of the molecule is CCOC(COc1c(Br)cccc1Br)OCC. The first-order valence-electron chi connectivity index (χ1n) is 5.49. The summed E-state index contributed by atoms with van der Waals surface area (Å²) in [5.74, 6) is 0.761. The summed E-state index contributed by atoms with van der Waals surface area (Å²) in [5.41, 5.74) is 0. The first kappa shape index (κ1) is 15.0. The molecule has 0 unspecified atom stereocenters. The molecular formula is C12H16Br2O3. The highest BCUT2D eigenvalue weighted by Gasteiger charge is 2.12. The largest absolute Gasteiger partial charge is 0.486 e. The van der Waals surface area contributed by atoms with Gasteiger partial charge in [-0.25, -0.2) is 0 Å². The van der Waals surface area contributed by atoms with Gasteiger partial charge in [-0.15, -0.1) is 0 Å². The maximum Gasteiger partial charge on any atom is 0.191 e. The Kier molecular flexibility index (Phi) is 7.11. The summed E-state index contributed by atoms with van der Waals surface area (Å²) in [7, 11) is 0. The van der Waals surface area contributed by atoms with E-state index in [0.29, 0.717) is 19.8 Å². The molecule has 0 bridgehead atoms. The van der Waals surface area contributed by atoms with Crippen molar-refractivity contribution in [2.24, 2.45) is 0 Å². The molecule has 5 heteroatoms. The fraction of sp³-hybridized carbons (Fsp3) is 0.500. The van der Waals surface area contributed by atoms with Crippen LogP contribution in [0.25, 0.3) is 0 Å². The Balaban J connectivity index is 2.58. The van der Waals surface area contributed by atoms with Crippen molar-refractivity contribution in [3.05, 3.63) is 27.1 Å². The van der Waals surface area contributed by atoms with Crippen LogP contribution in [0, 0.1) is 0 Å². The van der Waals surface area contributed by atoms with Gasteiger partial charge in [-0.1, -0.05) is 6.07 Å². The van der Waals surface area contributed by atoms with Crippen LogP contribution < -0.4 is 4.74 Å². The van der Waals surface area contributed by atoms with Crippen molar-refractivity contribution in [3.63, 3.8) is 0 Å². The van der Waals surface area contributed by atoms with E-state index >= 15 is 0 Å². The lowest BCUT2D eigenvalue weighted by Crippen LogP contribution is -2.25. The van der Waals surface area contributed by atoms with Crippen LogP contribution in [0.4, 0.5) is 0 Å². The molecule has 17 heavy (non-hydrogen) atoms. The lowest BCUT2D eigenvalue weighted by atomic mass is 10.3. The van der Waals surface area contributed by atoms with Crippen molar-refractivity contribution in [2.75, 3.05) is 19.8 Å². The molecule has 3 nitrogen and oxygen atoms in total. The van der Waals surface area contributed by atoms with Gasteiger partial charge >= 0.3 is 0 Å². The number of hydrogen-bond acceptors (Lipinski definition) is 3. The lowest BCUT2D eigenvalue weighted by molar-refractivity contribution is -0.152. The van der Waals surface area contributed by atoms with Gasteiger partial charge in [0.15, 0.2) is 6.29 Å². The summed E-state index contributed by atoms with van der Waals surface area (Å²) in [6, 6.07) is 5.79. The normalized spacial score (nSPS) is 10.9. The molecule has 1 rings (SSSR count).